The summed E-state index contributed by atoms with van der Waals surface area (Å²) in [7, 11) is 3.42. The molecule has 5 rings (SSSR count). The number of methoxy groups -OCH3 is 2. The number of fused-ring (bicyclic) bond motifs is 7. The number of nitrogens with one attached hydrogen (secondary N) is 1. The molecule has 2 aliphatic rings. The van der Waals surface area contributed by atoms with Crippen molar-refractivity contribution in [2.24, 2.45) is 11.8 Å². The summed E-state index contributed by atoms with van der Waals surface area (Å²) in [4.78, 5) is 4.94. The second-order valence-electron chi connectivity index (χ2n) is 8.22. The van der Waals surface area contributed by atoms with Gasteiger partial charge in [-0.3, -0.25) is 4.98 Å². The Kier molecular flexibility index (Phi) is 4.30. The molecule has 1 N–H and O–H groups in total. The Morgan fingerprint density at radius 3 is 2.29 bits per heavy atom. The SMILES string of the molecule is CCNc1cnc2c3c(c4cc(OC)c(OC)cc4c2c1)CC1CCCC1C3. The number of anilines is 1. The number of hydrogen-bond donors (Lipinski definition) is 1. The monoisotopic (exact) mass is 376 g/mol. The van der Waals surface area contributed by atoms with E-state index in [-0.39, 0.29) is 0 Å². The highest BCUT2D eigenvalue weighted by molar-refractivity contribution is 6.11. The molecule has 28 heavy (non-hydrogen) atoms. The number of aromatic nitrogens is 1. The van der Waals surface area contributed by atoms with Gasteiger partial charge in [0.2, 0.25) is 0 Å². The van der Waals surface area contributed by atoms with Crippen LogP contribution in [-0.2, 0) is 12.8 Å². The van der Waals surface area contributed by atoms with E-state index >= 15 is 0 Å². The van der Waals surface area contributed by atoms with Crippen LogP contribution in [0.25, 0.3) is 21.7 Å². The van der Waals surface area contributed by atoms with E-state index in [2.05, 4.69) is 30.4 Å². The average molecular weight is 377 g/mol. The van der Waals surface area contributed by atoms with Crippen LogP contribution >= 0.6 is 0 Å². The third kappa shape index (κ3) is 2.61. The maximum atomic E-state index is 5.64. The van der Waals surface area contributed by atoms with Crippen LogP contribution in [0.5, 0.6) is 11.5 Å². The van der Waals surface area contributed by atoms with Gasteiger partial charge in [0.15, 0.2) is 11.5 Å². The Balaban J connectivity index is 1.85. The molecule has 0 saturated heterocycles. The standard InChI is InChI=1S/C24H28N2O2/c1-4-25-16-10-21-19-12-23(28-3)22(27-2)11-18(19)17-8-14-6-5-7-15(14)9-20(17)24(21)26-13-16/h10-15,25H,4-9H2,1-3H3. The lowest BCUT2D eigenvalue weighted by Gasteiger charge is -2.30. The van der Waals surface area contributed by atoms with Crippen LogP contribution in [0, 0.1) is 11.8 Å². The lowest BCUT2D eigenvalue weighted by Crippen LogP contribution is -2.21. The van der Waals surface area contributed by atoms with E-state index in [1.807, 2.05) is 6.20 Å². The van der Waals surface area contributed by atoms with Crippen molar-refractivity contribution in [3.8, 4) is 11.5 Å². The van der Waals surface area contributed by atoms with Crippen molar-refractivity contribution < 1.29 is 9.47 Å². The number of benzene rings is 2. The summed E-state index contributed by atoms with van der Waals surface area (Å²) in [5.74, 6) is 3.23. The normalized spacial score (nSPS) is 20.8. The maximum Gasteiger partial charge on any atom is 0.161 e. The molecule has 2 atom stereocenters. The molecule has 0 aliphatic heterocycles. The van der Waals surface area contributed by atoms with Crippen molar-refractivity contribution in [3.05, 3.63) is 35.5 Å². The molecule has 0 amide bonds. The summed E-state index contributed by atoms with van der Waals surface area (Å²) in [6.07, 6.45) is 8.41. The van der Waals surface area contributed by atoms with E-state index in [1.165, 1.54) is 58.5 Å². The second kappa shape index (κ2) is 6.84. The van der Waals surface area contributed by atoms with Crippen LogP contribution in [0.2, 0.25) is 0 Å². The van der Waals surface area contributed by atoms with Gasteiger partial charge in [0, 0.05) is 11.9 Å². The first-order chi connectivity index (χ1) is 13.7. The maximum absolute atomic E-state index is 5.64. The number of ether oxygens (including phenoxy) is 2. The highest BCUT2D eigenvalue weighted by Gasteiger charge is 2.34. The first-order valence-corrected chi connectivity index (χ1v) is 10.5. The molecule has 1 heterocycles. The molecular weight excluding hydrogens is 348 g/mol. The van der Waals surface area contributed by atoms with Gasteiger partial charge >= 0.3 is 0 Å². The number of pyridine rings is 1. The fourth-order valence-electron chi connectivity index (χ4n) is 5.50. The van der Waals surface area contributed by atoms with Crippen LogP contribution < -0.4 is 14.8 Å². The number of hydrogen-bond acceptors (Lipinski definition) is 4. The van der Waals surface area contributed by atoms with Gasteiger partial charge in [-0.1, -0.05) is 6.42 Å². The van der Waals surface area contributed by atoms with Crippen molar-refractivity contribution in [2.75, 3.05) is 26.1 Å². The van der Waals surface area contributed by atoms with Gasteiger partial charge < -0.3 is 14.8 Å². The van der Waals surface area contributed by atoms with E-state index < -0.39 is 0 Å². The fraction of sp³-hybridized carbons (Fsp3) is 0.458. The molecule has 4 heteroatoms. The van der Waals surface area contributed by atoms with Gasteiger partial charge in [-0.05, 0) is 84.5 Å². The average Bonchev–Trinajstić information content (AvgIpc) is 3.19. The summed E-state index contributed by atoms with van der Waals surface area (Å²) in [6, 6.07) is 6.57. The summed E-state index contributed by atoms with van der Waals surface area (Å²) in [6.45, 7) is 3.00. The zero-order chi connectivity index (χ0) is 19.3. The summed E-state index contributed by atoms with van der Waals surface area (Å²) in [5.41, 5.74) is 5.18. The number of rotatable bonds is 4. The lowest BCUT2D eigenvalue weighted by molar-refractivity contribution is 0.355. The lowest BCUT2D eigenvalue weighted by atomic mass is 9.75. The van der Waals surface area contributed by atoms with Crippen molar-refractivity contribution in [2.45, 2.75) is 39.0 Å². The van der Waals surface area contributed by atoms with E-state index in [9.17, 15) is 0 Å². The van der Waals surface area contributed by atoms with E-state index in [1.54, 1.807) is 14.2 Å². The molecule has 2 aromatic carbocycles. The van der Waals surface area contributed by atoms with Crippen LogP contribution in [0.3, 0.4) is 0 Å². The summed E-state index contributed by atoms with van der Waals surface area (Å²) < 4.78 is 11.3. The van der Waals surface area contributed by atoms with Gasteiger partial charge in [-0.2, -0.15) is 0 Å². The fourth-order valence-corrected chi connectivity index (χ4v) is 5.50. The van der Waals surface area contributed by atoms with E-state index in [0.717, 1.165) is 42.0 Å². The van der Waals surface area contributed by atoms with Gasteiger partial charge in [-0.25, -0.2) is 0 Å². The third-order valence-corrected chi connectivity index (χ3v) is 6.81. The predicted octanol–water partition coefficient (Wildman–Crippen LogP) is 5.35. The minimum atomic E-state index is 0.777. The quantitative estimate of drug-likeness (QED) is 0.623. The topological polar surface area (TPSA) is 43.4 Å². The van der Waals surface area contributed by atoms with Crippen LogP contribution in [0.1, 0.15) is 37.3 Å². The third-order valence-electron chi connectivity index (χ3n) is 6.81. The van der Waals surface area contributed by atoms with Crippen molar-refractivity contribution in [3.63, 3.8) is 0 Å². The van der Waals surface area contributed by atoms with E-state index in [0.29, 0.717) is 0 Å². The number of nitrogens with zero attached hydrogens (tertiary/aromatic N) is 1. The molecule has 0 spiro atoms. The molecule has 3 aromatic rings. The van der Waals surface area contributed by atoms with Gasteiger partial charge in [0.1, 0.15) is 0 Å². The highest BCUT2D eigenvalue weighted by atomic mass is 16.5. The molecule has 146 valence electrons. The molecular formula is C24H28N2O2. The van der Waals surface area contributed by atoms with Crippen LogP contribution in [-0.4, -0.2) is 25.7 Å². The van der Waals surface area contributed by atoms with Crippen LogP contribution in [0.15, 0.2) is 24.4 Å². The molecule has 2 aliphatic carbocycles. The second-order valence-corrected chi connectivity index (χ2v) is 8.22. The van der Waals surface area contributed by atoms with Gasteiger partial charge in [0.25, 0.3) is 0 Å². The van der Waals surface area contributed by atoms with Crippen LogP contribution in [0.4, 0.5) is 5.69 Å². The molecule has 1 saturated carbocycles. The largest absolute Gasteiger partial charge is 0.493 e. The molecule has 4 nitrogen and oxygen atoms in total. The molecule has 1 aromatic heterocycles. The summed E-state index contributed by atoms with van der Waals surface area (Å²) in [5, 5.41) is 7.15. The minimum Gasteiger partial charge on any atom is -0.493 e. The van der Waals surface area contributed by atoms with Crippen molar-refractivity contribution in [1.29, 1.82) is 0 Å². The molecule has 2 unspecified atom stereocenters. The Morgan fingerprint density at radius 2 is 1.61 bits per heavy atom. The van der Waals surface area contributed by atoms with Crippen molar-refractivity contribution >= 4 is 27.4 Å². The summed E-state index contributed by atoms with van der Waals surface area (Å²) >= 11 is 0. The predicted molar refractivity (Wildman–Crippen MR) is 115 cm³/mol. The van der Waals surface area contributed by atoms with Gasteiger partial charge in [0.05, 0.1) is 31.6 Å². The van der Waals surface area contributed by atoms with Gasteiger partial charge in [-0.15, -0.1) is 0 Å². The first-order valence-electron chi connectivity index (χ1n) is 10.5. The minimum absolute atomic E-state index is 0.777. The Bertz CT molecular complexity index is 1060. The highest BCUT2D eigenvalue weighted by Crippen LogP contribution is 2.47. The van der Waals surface area contributed by atoms with E-state index in [4.69, 9.17) is 14.5 Å². The Morgan fingerprint density at radius 1 is 0.929 bits per heavy atom. The molecule has 0 radical (unpaired) electrons. The Hall–Kier alpha value is -2.49. The van der Waals surface area contributed by atoms with Crippen molar-refractivity contribution in [1.82, 2.24) is 4.98 Å². The zero-order valence-electron chi connectivity index (χ0n) is 17.0. The zero-order valence-corrected chi connectivity index (χ0v) is 17.0. The first kappa shape index (κ1) is 17.6. The smallest absolute Gasteiger partial charge is 0.161 e. The molecule has 1 fully saturated rings. The molecule has 0 bridgehead atoms. The Labute approximate surface area is 166 Å².